The maximum atomic E-state index is 12.4. The minimum absolute atomic E-state index is 0.0657. The van der Waals surface area contributed by atoms with Crippen LogP contribution in [0.4, 0.5) is 0 Å². The molecular formula is C23H30N2O5. The number of aryl methyl sites for hydroxylation is 1. The number of amides is 1. The SMILES string of the molecule is COc1ccc(-c2nc(CC(=O)CC(=O)NC3CCCCC3C)c(C)o2)cc1OC. The predicted molar refractivity (Wildman–Crippen MR) is 113 cm³/mol. The number of rotatable bonds is 8. The van der Waals surface area contributed by atoms with E-state index in [1.807, 2.05) is 6.07 Å². The summed E-state index contributed by atoms with van der Waals surface area (Å²) in [5.74, 6) is 2.22. The highest BCUT2D eigenvalue weighted by molar-refractivity contribution is 5.98. The monoisotopic (exact) mass is 414 g/mol. The number of methoxy groups -OCH3 is 2. The smallest absolute Gasteiger partial charge is 0.227 e. The van der Waals surface area contributed by atoms with Crippen molar-refractivity contribution in [2.24, 2.45) is 5.92 Å². The maximum absolute atomic E-state index is 12.4. The summed E-state index contributed by atoms with van der Waals surface area (Å²) in [4.78, 5) is 29.2. The number of carbonyl (C=O) groups excluding carboxylic acids is 2. The van der Waals surface area contributed by atoms with Gasteiger partial charge in [0.25, 0.3) is 0 Å². The standard InChI is InChI=1S/C23H30N2O5/c1-14-7-5-6-8-18(14)24-22(27)13-17(26)12-19-15(2)30-23(25-19)16-9-10-20(28-3)21(11-16)29-4/h9-11,14,18H,5-8,12-13H2,1-4H3,(H,24,27). The molecule has 1 aliphatic carbocycles. The first kappa shape index (κ1) is 21.9. The third kappa shape index (κ3) is 5.20. The molecule has 7 nitrogen and oxygen atoms in total. The molecule has 0 bridgehead atoms. The van der Waals surface area contributed by atoms with Crippen LogP contribution >= 0.6 is 0 Å². The zero-order valence-corrected chi connectivity index (χ0v) is 18.1. The highest BCUT2D eigenvalue weighted by Gasteiger charge is 2.24. The van der Waals surface area contributed by atoms with Crippen LogP contribution in [0.3, 0.4) is 0 Å². The van der Waals surface area contributed by atoms with Crippen molar-refractivity contribution in [3.05, 3.63) is 29.7 Å². The molecule has 30 heavy (non-hydrogen) atoms. The largest absolute Gasteiger partial charge is 0.493 e. The molecule has 0 saturated heterocycles. The Hall–Kier alpha value is -2.83. The molecule has 1 fully saturated rings. The van der Waals surface area contributed by atoms with Crippen LogP contribution in [0, 0.1) is 12.8 Å². The van der Waals surface area contributed by atoms with Gasteiger partial charge in [0.05, 0.1) is 32.8 Å². The van der Waals surface area contributed by atoms with E-state index in [0.717, 1.165) is 24.8 Å². The van der Waals surface area contributed by atoms with Crippen molar-refractivity contribution < 1.29 is 23.5 Å². The molecule has 1 amide bonds. The summed E-state index contributed by atoms with van der Waals surface area (Å²) in [6.07, 6.45) is 4.37. The van der Waals surface area contributed by atoms with Gasteiger partial charge in [0.1, 0.15) is 11.5 Å². The van der Waals surface area contributed by atoms with Gasteiger partial charge in [-0.1, -0.05) is 19.8 Å². The minimum Gasteiger partial charge on any atom is -0.493 e. The van der Waals surface area contributed by atoms with Gasteiger partial charge >= 0.3 is 0 Å². The Morgan fingerprint density at radius 1 is 1.17 bits per heavy atom. The topological polar surface area (TPSA) is 90.7 Å². The van der Waals surface area contributed by atoms with Crippen molar-refractivity contribution in [3.8, 4) is 23.0 Å². The molecule has 1 N–H and O–H groups in total. The van der Waals surface area contributed by atoms with E-state index in [0.29, 0.717) is 34.8 Å². The lowest BCUT2D eigenvalue weighted by molar-refractivity contribution is -0.128. The van der Waals surface area contributed by atoms with Gasteiger partial charge < -0.3 is 19.2 Å². The van der Waals surface area contributed by atoms with Crippen molar-refractivity contribution in [3.63, 3.8) is 0 Å². The number of benzene rings is 1. The molecular weight excluding hydrogens is 384 g/mol. The fourth-order valence-electron chi connectivity index (χ4n) is 3.90. The first-order chi connectivity index (χ1) is 14.4. The lowest BCUT2D eigenvalue weighted by Gasteiger charge is -2.29. The van der Waals surface area contributed by atoms with Gasteiger partial charge in [0, 0.05) is 11.6 Å². The lowest BCUT2D eigenvalue weighted by Crippen LogP contribution is -2.41. The Morgan fingerprint density at radius 2 is 1.90 bits per heavy atom. The average molecular weight is 415 g/mol. The molecule has 7 heteroatoms. The molecule has 1 aromatic heterocycles. The van der Waals surface area contributed by atoms with E-state index < -0.39 is 0 Å². The molecule has 1 aromatic carbocycles. The Balaban J connectivity index is 1.62. The fraction of sp³-hybridized carbons (Fsp3) is 0.522. The van der Waals surface area contributed by atoms with Crippen LogP contribution < -0.4 is 14.8 Å². The second-order valence-electron chi connectivity index (χ2n) is 7.92. The number of nitrogens with zero attached hydrogens (tertiary/aromatic N) is 1. The van der Waals surface area contributed by atoms with E-state index in [-0.39, 0.29) is 30.6 Å². The fourth-order valence-corrected chi connectivity index (χ4v) is 3.90. The van der Waals surface area contributed by atoms with E-state index in [1.165, 1.54) is 6.42 Å². The summed E-state index contributed by atoms with van der Waals surface area (Å²) in [5, 5.41) is 3.03. The van der Waals surface area contributed by atoms with Crippen molar-refractivity contribution in [1.82, 2.24) is 10.3 Å². The van der Waals surface area contributed by atoms with Crippen LogP contribution in [0.15, 0.2) is 22.6 Å². The van der Waals surface area contributed by atoms with Crippen LogP contribution in [0.25, 0.3) is 11.5 Å². The van der Waals surface area contributed by atoms with Gasteiger partial charge in [-0.2, -0.15) is 0 Å². The van der Waals surface area contributed by atoms with Crippen molar-refractivity contribution in [1.29, 1.82) is 0 Å². The third-order valence-electron chi connectivity index (χ3n) is 5.70. The number of ether oxygens (including phenoxy) is 2. The van der Waals surface area contributed by atoms with Gasteiger partial charge in [-0.05, 0) is 43.9 Å². The molecule has 0 spiro atoms. The lowest BCUT2D eigenvalue weighted by atomic mass is 9.86. The van der Waals surface area contributed by atoms with Gasteiger partial charge in [0.2, 0.25) is 11.8 Å². The number of oxazole rings is 1. The Kier molecular flexibility index (Phi) is 7.13. The summed E-state index contributed by atoms with van der Waals surface area (Å²) in [7, 11) is 3.13. The van der Waals surface area contributed by atoms with Crippen molar-refractivity contribution in [2.75, 3.05) is 14.2 Å². The first-order valence-electron chi connectivity index (χ1n) is 10.4. The second kappa shape index (κ2) is 9.78. The number of hydrogen-bond acceptors (Lipinski definition) is 6. The van der Waals surface area contributed by atoms with E-state index in [1.54, 1.807) is 33.3 Å². The van der Waals surface area contributed by atoms with Crippen LogP contribution in [0.2, 0.25) is 0 Å². The van der Waals surface area contributed by atoms with Gasteiger partial charge in [-0.25, -0.2) is 4.98 Å². The second-order valence-corrected chi connectivity index (χ2v) is 7.92. The van der Waals surface area contributed by atoms with Crippen LogP contribution in [-0.4, -0.2) is 36.9 Å². The van der Waals surface area contributed by atoms with E-state index in [2.05, 4.69) is 17.2 Å². The number of Topliss-reactive ketones (excluding diaryl/α,β-unsaturated/α-hetero) is 1. The third-order valence-corrected chi connectivity index (χ3v) is 5.70. The summed E-state index contributed by atoms with van der Waals surface area (Å²) >= 11 is 0. The highest BCUT2D eigenvalue weighted by Crippen LogP contribution is 2.32. The molecule has 162 valence electrons. The van der Waals surface area contributed by atoms with Crippen LogP contribution in [0.1, 0.15) is 50.5 Å². The predicted octanol–water partition coefficient (Wildman–Crippen LogP) is 3.86. The zero-order valence-electron chi connectivity index (χ0n) is 18.1. The maximum Gasteiger partial charge on any atom is 0.227 e. The number of ketones is 1. The number of hydrogen-bond donors (Lipinski definition) is 1. The van der Waals surface area contributed by atoms with Crippen molar-refractivity contribution >= 4 is 11.7 Å². The molecule has 2 atom stereocenters. The van der Waals surface area contributed by atoms with E-state index >= 15 is 0 Å². The Morgan fingerprint density at radius 3 is 2.60 bits per heavy atom. The number of nitrogens with one attached hydrogen (secondary N) is 1. The number of aromatic nitrogens is 1. The van der Waals surface area contributed by atoms with Gasteiger partial charge in [-0.15, -0.1) is 0 Å². The minimum atomic E-state index is -0.208. The van der Waals surface area contributed by atoms with E-state index in [4.69, 9.17) is 13.9 Å². The number of carbonyl (C=O) groups is 2. The first-order valence-corrected chi connectivity index (χ1v) is 10.4. The quantitative estimate of drug-likeness (QED) is 0.660. The van der Waals surface area contributed by atoms with Crippen LogP contribution in [-0.2, 0) is 16.0 Å². The summed E-state index contributed by atoms with van der Waals surface area (Å²) < 4.78 is 16.3. The molecule has 2 unspecified atom stereocenters. The summed E-state index contributed by atoms with van der Waals surface area (Å²) in [6.45, 7) is 3.92. The molecule has 2 aromatic rings. The molecule has 3 rings (SSSR count). The Bertz CT molecular complexity index is 905. The highest BCUT2D eigenvalue weighted by atomic mass is 16.5. The van der Waals surface area contributed by atoms with Crippen LogP contribution in [0.5, 0.6) is 11.5 Å². The molecule has 1 heterocycles. The Labute approximate surface area is 177 Å². The molecule has 0 aliphatic heterocycles. The van der Waals surface area contributed by atoms with Gasteiger partial charge in [0.15, 0.2) is 11.5 Å². The molecule has 0 radical (unpaired) electrons. The average Bonchev–Trinajstić information content (AvgIpc) is 3.09. The summed E-state index contributed by atoms with van der Waals surface area (Å²) in [5.41, 5.74) is 1.27. The van der Waals surface area contributed by atoms with E-state index in [9.17, 15) is 9.59 Å². The summed E-state index contributed by atoms with van der Waals surface area (Å²) in [6, 6.07) is 5.53. The van der Waals surface area contributed by atoms with Crippen molar-refractivity contribution in [2.45, 2.75) is 58.4 Å². The molecule has 1 aliphatic rings. The molecule has 1 saturated carbocycles. The zero-order chi connectivity index (χ0) is 21.7. The van der Waals surface area contributed by atoms with Gasteiger partial charge in [-0.3, -0.25) is 9.59 Å². The normalized spacial score (nSPS) is 18.7.